The predicted octanol–water partition coefficient (Wildman–Crippen LogP) is 3.37. The number of rotatable bonds is 2. The summed E-state index contributed by atoms with van der Waals surface area (Å²) in [5.41, 5.74) is 1.94. The lowest BCUT2D eigenvalue weighted by Gasteiger charge is -2.27. The Labute approximate surface area is 154 Å². The van der Waals surface area contributed by atoms with Crippen LogP contribution in [0.15, 0.2) is 24.3 Å². The minimum absolute atomic E-state index is 0.0314. The molecule has 4 nitrogen and oxygen atoms in total. The molecular weight excluding hydrogens is 332 g/mol. The molecule has 2 aliphatic heterocycles. The summed E-state index contributed by atoms with van der Waals surface area (Å²) < 4.78 is 0. The number of nitrogens with zero attached hydrogens (tertiary/aromatic N) is 2. The smallest absolute Gasteiger partial charge is 0.255 e. The van der Waals surface area contributed by atoms with Gasteiger partial charge in [0.25, 0.3) is 5.91 Å². The number of thioether (sulfide) groups is 1. The van der Waals surface area contributed by atoms with Crippen LogP contribution in [-0.2, 0) is 10.2 Å². The van der Waals surface area contributed by atoms with E-state index in [9.17, 15) is 9.59 Å². The molecule has 2 saturated heterocycles. The van der Waals surface area contributed by atoms with Crippen LogP contribution in [0.5, 0.6) is 0 Å². The summed E-state index contributed by atoms with van der Waals surface area (Å²) in [6.45, 7) is 10.3. The van der Waals surface area contributed by atoms with Gasteiger partial charge in [0.15, 0.2) is 0 Å². The molecule has 0 aromatic heterocycles. The Morgan fingerprint density at radius 3 is 2.40 bits per heavy atom. The molecule has 0 aliphatic carbocycles. The van der Waals surface area contributed by atoms with Gasteiger partial charge in [0.1, 0.15) is 6.04 Å². The largest absolute Gasteiger partial charge is 0.341 e. The SMILES string of the molecule is CC1CCN(C(=O)C2CSCN2C(=O)c2ccc(C(C)(C)C)cc2)C1. The third-order valence-electron chi connectivity index (χ3n) is 5.16. The fourth-order valence-electron chi connectivity index (χ4n) is 3.47. The number of amides is 2. The highest BCUT2D eigenvalue weighted by Gasteiger charge is 2.38. The van der Waals surface area contributed by atoms with E-state index in [0.717, 1.165) is 19.5 Å². The molecule has 2 heterocycles. The zero-order valence-electron chi connectivity index (χ0n) is 15.6. The fraction of sp³-hybridized carbons (Fsp3) is 0.600. The molecule has 1 aromatic rings. The normalized spacial score (nSPS) is 24.0. The first-order valence-corrected chi connectivity index (χ1v) is 10.2. The van der Waals surface area contributed by atoms with Gasteiger partial charge in [0.05, 0.1) is 5.88 Å². The number of carbonyl (C=O) groups is 2. The standard InChI is InChI=1S/C20H28N2O2S/c1-14-9-10-21(11-14)19(24)17-12-25-13-22(17)18(23)15-5-7-16(8-6-15)20(2,3)4/h5-8,14,17H,9-13H2,1-4H3. The van der Waals surface area contributed by atoms with Crippen LogP contribution in [-0.4, -0.2) is 52.4 Å². The van der Waals surface area contributed by atoms with Crippen molar-refractivity contribution in [3.8, 4) is 0 Å². The van der Waals surface area contributed by atoms with E-state index in [2.05, 4.69) is 27.7 Å². The van der Waals surface area contributed by atoms with Gasteiger partial charge in [0.2, 0.25) is 5.91 Å². The van der Waals surface area contributed by atoms with Crippen LogP contribution in [0, 0.1) is 5.92 Å². The highest BCUT2D eigenvalue weighted by molar-refractivity contribution is 7.99. The van der Waals surface area contributed by atoms with Crippen LogP contribution in [0.4, 0.5) is 0 Å². The lowest BCUT2D eigenvalue weighted by molar-refractivity contribution is -0.133. The van der Waals surface area contributed by atoms with Crippen molar-refractivity contribution in [2.24, 2.45) is 5.92 Å². The van der Waals surface area contributed by atoms with Crippen LogP contribution in [0.25, 0.3) is 0 Å². The first-order chi connectivity index (χ1) is 11.8. The summed E-state index contributed by atoms with van der Waals surface area (Å²) in [7, 11) is 0. The van der Waals surface area contributed by atoms with Crippen molar-refractivity contribution >= 4 is 23.6 Å². The van der Waals surface area contributed by atoms with Crippen molar-refractivity contribution in [1.82, 2.24) is 9.80 Å². The summed E-state index contributed by atoms with van der Waals surface area (Å²) in [5.74, 6) is 1.95. The maximum absolute atomic E-state index is 12.9. The van der Waals surface area contributed by atoms with Crippen LogP contribution in [0.3, 0.4) is 0 Å². The van der Waals surface area contributed by atoms with Crippen molar-refractivity contribution < 1.29 is 9.59 Å². The van der Waals surface area contributed by atoms with Crippen LogP contribution >= 0.6 is 11.8 Å². The molecule has 5 heteroatoms. The second kappa shape index (κ2) is 7.02. The number of benzene rings is 1. The average Bonchev–Trinajstić information content (AvgIpc) is 3.22. The molecular formula is C20H28N2O2S. The Morgan fingerprint density at radius 1 is 1.16 bits per heavy atom. The third kappa shape index (κ3) is 3.86. The van der Waals surface area contributed by atoms with Gasteiger partial charge in [-0.15, -0.1) is 11.8 Å². The van der Waals surface area contributed by atoms with Gasteiger partial charge >= 0.3 is 0 Å². The van der Waals surface area contributed by atoms with Crippen LogP contribution < -0.4 is 0 Å². The second-order valence-corrected chi connectivity index (χ2v) is 9.30. The third-order valence-corrected chi connectivity index (χ3v) is 6.17. The van der Waals surface area contributed by atoms with E-state index < -0.39 is 0 Å². The highest BCUT2D eigenvalue weighted by atomic mass is 32.2. The first kappa shape index (κ1) is 18.3. The van der Waals surface area contributed by atoms with E-state index in [0.29, 0.717) is 23.1 Å². The summed E-state index contributed by atoms with van der Waals surface area (Å²) in [5, 5.41) is 0. The number of hydrogen-bond acceptors (Lipinski definition) is 3. The van der Waals surface area contributed by atoms with E-state index in [1.807, 2.05) is 29.2 Å². The zero-order chi connectivity index (χ0) is 18.2. The number of likely N-dealkylation sites (tertiary alicyclic amines) is 1. The van der Waals surface area contributed by atoms with Crippen molar-refractivity contribution in [1.29, 1.82) is 0 Å². The Kier molecular flexibility index (Phi) is 5.14. The maximum atomic E-state index is 12.9. The van der Waals surface area contributed by atoms with Crippen molar-refractivity contribution in [3.05, 3.63) is 35.4 Å². The summed E-state index contributed by atoms with van der Waals surface area (Å²) >= 11 is 1.67. The molecule has 2 aliphatic rings. The molecule has 25 heavy (non-hydrogen) atoms. The van der Waals surface area contributed by atoms with Gasteiger partial charge < -0.3 is 9.80 Å². The quantitative estimate of drug-likeness (QED) is 0.812. The predicted molar refractivity (Wildman–Crippen MR) is 103 cm³/mol. The first-order valence-electron chi connectivity index (χ1n) is 9.05. The molecule has 2 amide bonds. The molecule has 2 atom stereocenters. The van der Waals surface area contributed by atoms with Gasteiger partial charge in [0, 0.05) is 24.4 Å². The molecule has 0 bridgehead atoms. The lowest BCUT2D eigenvalue weighted by Crippen LogP contribution is -2.48. The molecule has 136 valence electrons. The second-order valence-electron chi connectivity index (χ2n) is 8.30. The van der Waals surface area contributed by atoms with Gasteiger partial charge in [-0.1, -0.05) is 39.8 Å². The Bertz CT molecular complexity index is 651. The van der Waals surface area contributed by atoms with E-state index in [-0.39, 0.29) is 23.3 Å². The molecule has 3 rings (SSSR count). The molecule has 0 N–H and O–H groups in total. The van der Waals surface area contributed by atoms with Crippen molar-refractivity contribution in [2.75, 3.05) is 24.7 Å². The fourth-order valence-corrected chi connectivity index (χ4v) is 4.62. The summed E-state index contributed by atoms with van der Waals surface area (Å²) in [6, 6.07) is 7.52. The molecule has 2 fully saturated rings. The van der Waals surface area contributed by atoms with Gasteiger partial charge in [-0.2, -0.15) is 0 Å². The van der Waals surface area contributed by atoms with Crippen LogP contribution in [0.1, 0.15) is 50.0 Å². The number of hydrogen-bond donors (Lipinski definition) is 0. The van der Waals surface area contributed by atoms with Crippen molar-refractivity contribution in [3.63, 3.8) is 0 Å². The molecule has 0 saturated carbocycles. The van der Waals surface area contributed by atoms with Gasteiger partial charge in [-0.3, -0.25) is 9.59 Å². The highest BCUT2D eigenvalue weighted by Crippen LogP contribution is 2.28. The Balaban J connectivity index is 1.73. The van der Waals surface area contributed by atoms with Crippen molar-refractivity contribution in [2.45, 2.75) is 45.6 Å². The number of carbonyl (C=O) groups excluding carboxylic acids is 2. The molecule has 1 aromatic carbocycles. The Morgan fingerprint density at radius 2 is 1.84 bits per heavy atom. The molecule has 0 spiro atoms. The minimum Gasteiger partial charge on any atom is -0.341 e. The van der Waals surface area contributed by atoms with E-state index in [1.54, 1.807) is 16.7 Å². The monoisotopic (exact) mass is 360 g/mol. The topological polar surface area (TPSA) is 40.6 Å². The maximum Gasteiger partial charge on any atom is 0.255 e. The molecule has 0 radical (unpaired) electrons. The van der Waals surface area contributed by atoms with Crippen LogP contribution in [0.2, 0.25) is 0 Å². The average molecular weight is 361 g/mol. The summed E-state index contributed by atoms with van der Waals surface area (Å²) in [6.07, 6.45) is 1.06. The lowest BCUT2D eigenvalue weighted by atomic mass is 9.86. The van der Waals surface area contributed by atoms with E-state index in [1.165, 1.54) is 5.56 Å². The Hall–Kier alpha value is -1.49. The van der Waals surface area contributed by atoms with E-state index >= 15 is 0 Å². The van der Waals surface area contributed by atoms with Gasteiger partial charge in [-0.25, -0.2) is 0 Å². The summed E-state index contributed by atoms with van der Waals surface area (Å²) in [4.78, 5) is 29.5. The minimum atomic E-state index is -0.315. The zero-order valence-corrected chi connectivity index (χ0v) is 16.4. The van der Waals surface area contributed by atoms with Gasteiger partial charge in [-0.05, 0) is 35.4 Å². The van der Waals surface area contributed by atoms with E-state index in [4.69, 9.17) is 0 Å². The molecule has 2 unspecified atom stereocenters.